The first-order chi connectivity index (χ1) is 8.99. The van der Waals surface area contributed by atoms with Gasteiger partial charge in [0.05, 0.1) is 0 Å². The van der Waals surface area contributed by atoms with Gasteiger partial charge in [-0.05, 0) is 48.6 Å². The first kappa shape index (κ1) is 14.2. The van der Waals surface area contributed by atoms with Gasteiger partial charge in [-0.15, -0.1) is 11.3 Å². The van der Waals surface area contributed by atoms with Crippen molar-refractivity contribution in [2.24, 2.45) is 5.73 Å². The van der Waals surface area contributed by atoms with Gasteiger partial charge >= 0.3 is 0 Å². The second-order valence-electron chi connectivity index (χ2n) is 4.40. The highest BCUT2D eigenvalue weighted by atomic mass is 79.9. The van der Waals surface area contributed by atoms with E-state index in [2.05, 4.69) is 21.2 Å². The molecule has 0 aliphatic heterocycles. The Balaban J connectivity index is 2.20. The Hall–Kier alpha value is -1.17. The number of aryl methyl sites for hydroxylation is 2. The smallest absolute Gasteiger partial charge is 0.246 e. The van der Waals surface area contributed by atoms with Crippen LogP contribution in [0.25, 0.3) is 0 Å². The quantitative estimate of drug-likeness (QED) is 0.894. The Labute approximate surface area is 125 Å². The normalized spacial score (nSPS) is 12.2. The fourth-order valence-corrected chi connectivity index (χ4v) is 3.32. The van der Waals surface area contributed by atoms with E-state index in [1.165, 1.54) is 11.3 Å². The molecule has 100 valence electrons. The maximum Gasteiger partial charge on any atom is 0.246 e. The lowest BCUT2D eigenvalue weighted by Gasteiger charge is -2.15. The van der Waals surface area contributed by atoms with E-state index in [0.717, 1.165) is 26.2 Å². The summed E-state index contributed by atoms with van der Waals surface area (Å²) in [6.45, 7) is 3.92. The number of nitrogens with one attached hydrogen (secondary N) is 1. The molecule has 0 radical (unpaired) electrons. The molecule has 0 aliphatic rings. The van der Waals surface area contributed by atoms with Crippen molar-refractivity contribution in [3.05, 3.63) is 50.1 Å². The van der Waals surface area contributed by atoms with Gasteiger partial charge < -0.3 is 11.1 Å². The molecule has 0 aliphatic carbocycles. The van der Waals surface area contributed by atoms with Crippen molar-refractivity contribution in [3.63, 3.8) is 0 Å². The summed E-state index contributed by atoms with van der Waals surface area (Å²) in [5.41, 5.74) is 8.81. The predicted molar refractivity (Wildman–Crippen MR) is 83.5 cm³/mol. The summed E-state index contributed by atoms with van der Waals surface area (Å²) < 4.78 is 1.00. The van der Waals surface area contributed by atoms with Crippen LogP contribution in [0.2, 0.25) is 0 Å². The summed E-state index contributed by atoms with van der Waals surface area (Å²) in [6, 6.07) is 7.08. The minimum absolute atomic E-state index is 0.184. The van der Waals surface area contributed by atoms with E-state index in [-0.39, 0.29) is 5.91 Å². The molecule has 0 fully saturated rings. The second kappa shape index (κ2) is 5.86. The van der Waals surface area contributed by atoms with Crippen LogP contribution >= 0.6 is 27.3 Å². The Bertz CT molecular complexity index is 572. The largest absolute Gasteiger partial charge is 0.324 e. The summed E-state index contributed by atoms with van der Waals surface area (Å²) >= 11 is 4.93. The van der Waals surface area contributed by atoms with Gasteiger partial charge in [0.1, 0.15) is 6.04 Å². The van der Waals surface area contributed by atoms with E-state index >= 15 is 0 Å². The molecule has 3 N–H and O–H groups in total. The molecule has 3 nitrogen and oxygen atoms in total. The maximum atomic E-state index is 12.2. The molecule has 2 rings (SSSR count). The van der Waals surface area contributed by atoms with Gasteiger partial charge in [0, 0.05) is 15.0 Å². The number of halogens is 1. The standard InChI is InChI=1S/C14H15BrN2OS/c1-8-6-10(15)7-9(2)13(8)17-14(18)12(16)11-4-3-5-19-11/h3-7,12H,16H2,1-2H3,(H,17,18). The summed E-state index contributed by atoms with van der Waals surface area (Å²) in [4.78, 5) is 13.0. The summed E-state index contributed by atoms with van der Waals surface area (Å²) in [6.07, 6.45) is 0. The van der Waals surface area contributed by atoms with E-state index in [1.54, 1.807) is 0 Å². The zero-order valence-corrected chi connectivity index (χ0v) is 13.1. The van der Waals surface area contributed by atoms with Crippen molar-refractivity contribution in [1.82, 2.24) is 0 Å². The SMILES string of the molecule is Cc1cc(Br)cc(C)c1NC(=O)C(N)c1cccs1. The average molecular weight is 339 g/mol. The highest BCUT2D eigenvalue weighted by Gasteiger charge is 2.18. The van der Waals surface area contributed by atoms with Crippen LogP contribution in [0.3, 0.4) is 0 Å². The predicted octanol–water partition coefficient (Wildman–Crippen LogP) is 3.77. The topological polar surface area (TPSA) is 55.1 Å². The Morgan fingerprint density at radius 1 is 1.37 bits per heavy atom. The van der Waals surface area contributed by atoms with E-state index in [9.17, 15) is 4.79 Å². The number of rotatable bonds is 3. The van der Waals surface area contributed by atoms with E-state index < -0.39 is 6.04 Å². The van der Waals surface area contributed by atoms with Crippen LogP contribution in [-0.2, 0) is 4.79 Å². The summed E-state index contributed by atoms with van der Waals surface area (Å²) in [7, 11) is 0. The number of hydrogen-bond acceptors (Lipinski definition) is 3. The van der Waals surface area contributed by atoms with E-state index in [1.807, 2.05) is 43.5 Å². The summed E-state index contributed by atoms with van der Waals surface area (Å²) in [5.74, 6) is -0.184. The lowest BCUT2D eigenvalue weighted by atomic mass is 10.1. The van der Waals surface area contributed by atoms with E-state index in [4.69, 9.17) is 5.73 Å². The van der Waals surface area contributed by atoms with Crippen LogP contribution < -0.4 is 11.1 Å². The number of thiophene rings is 1. The lowest BCUT2D eigenvalue weighted by Crippen LogP contribution is -2.27. The molecular formula is C14H15BrN2OS. The molecule has 19 heavy (non-hydrogen) atoms. The molecule has 0 spiro atoms. The van der Waals surface area contributed by atoms with Crippen molar-refractivity contribution in [2.45, 2.75) is 19.9 Å². The van der Waals surface area contributed by atoms with Crippen molar-refractivity contribution in [3.8, 4) is 0 Å². The molecule has 1 aromatic heterocycles. The first-order valence-corrected chi connectivity index (χ1v) is 7.53. The number of nitrogens with two attached hydrogens (primary N) is 1. The minimum atomic E-state index is -0.623. The maximum absolute atomic E-state index is 12.2. The molecule has 1 heterocycles. The molecule has 1 unspecified atom stereocenters. The first-order valence-electron chi connectivity index (χ1n) is 5.85. The third-order valence-corrected chi connectivity index (χ3v) is 4.29. The molecular weight excluding hydrogens is 324 g/mol. The van der Waals surface area contributed by atoms with Gasteiger partial charge in [0.25, 0.3) is 0 Å². The molecule has 2 aromatic rings. The monoisotopic (exact) mass is 338 g/mol. The number of hydrogen-bond donors (Lipinski definition) is 2. The fraction of sp³-hybridized carbons (Fsp3) is 0.214. The van der Waals surface area contributed by atoms with Crippen molar-refractivity contribution in [1.29, 1.82) is 0 Å². The molecule has 1 atom stereocenters. The van der Waals surface area contributed by atoms with Gasteiger partial charge in [-0.1, -0.05) is 22.0 Å². The van der Waals surface area contributed by atoms with Crippen LogP contribution in [0.5, 0.6) is 0 Å². The Morgan fingerprint density at radius 2 is 2.00 bits per heavy atom. The molecule has 5 heteroatoms. The molecule has 0 bridgehead atoms. The fourth-order valence-electron chi connectivity index (χ4n) is 1.91. The molecule has 0 saturated carbocycles. The third-order valence-electron chi connectivity index (χ3n) is 2.88. The number of anilines is 1. The van der Waals surface area contributed by atoms with Gasteiger partial charge in [0.2, 0.25) is 5.91 Å². The summed E-state index contributed by atoms with van der Waals surface area (Å²) in [5, 5.41) is 4.83. The Morgan fingerprint density at radius 3 is 2.53 bits per heavy atom. The molecule has 0 saturated heterocycles. The van der Waals surface area contributed by atoms with E-state index in [0.29, 0.717) is 0 Å². The van der Waals surface area contributed by atoms with Crippen LogP contribution in [0.1, 0.15) is 22.0 Å². The second-order valence-corrected chi connectivity index (χ2v) is 6.29. The van der Waals surface area contributed by atoms with Crippen LogP contribution in [0.15, 0.2) is 34.1 Å². The van der Waals surface area contributed by atoms with Crippen LogP contribution in [-0.4, -0.2) is 5.91 Å². The third kappa shape index (κ3) is 3.23. The Kier molecular flexibility index (Phi) is 4.39. The zero-order chi connectivity index (χ0) is 14.0. The van der Waals surface area contributed by atoms with Crippen molar-refractivity contribution >= 4 is 38.9 Å². The van der Waals surface area contributed by atoms with Gasteiger partial charge in [-0.2, -0.15) is 0 Å². The highest BCUT2D eigenvalue weighted by molar-refractivity contribution is 9.10. The number of benzene rings is 1. The molecule has 1 aromatic carbocycles. The number of carbonyl (C=O) groups is 1. The minimum Gasteiger partial charge on any atom is -0.324 e. The van der Waals surface area contributed by atoms with Crippen molar-refractivity contribution < 1.29 is 4.79 Å². The average Bonchev–Trinajstić information content (AvgIpc) is 2.86. The zero-order valence-electron chi connectivity index (χ0n) is 10.7. The van der Waals surface area contributed by atoms with Crippen LogP contribution in [0.4, 0.5) is 5.69 Å². The van der Waals surface area contributed by atoms with Gasteiger partial charge in [-0.25, -0.2) is 0 Å². The van der Waals surface area contributed by atoms with Crippen molar-refractivity contribution in [2.75, 3.05) is 5.32 Å². The number of carbonyl (C=O) groups excluding carboxylic acids is 1. The lowest BCUT2D eigenvalue weighted by molar-refractivity contribution is -0.117. The van der Waals surface area contributed by atoms with Crippen LogP contribution in [0, 0.1) is 13.8 Å². The number of amides is 1. The van der Waals surface area contributed by atoms with Gasteiger partial charge in [-0.3, -0.25) is 4.79 Å². The molecule has 1 amide bonds. The highest BCUT2D eigenvalue weighted by Crippen LogP contribution is 2.26. The van der Waals surface area contributed by atoms with Gasteiger partial charge in [0.15, 0.2) is 0 Å².